The molecule has 0 amide bonds. The van der Waals surface area contributed by atoms with Crippen LogP contribution in [0.5, 0.6) is 0 Å². The van der Waals surface area contributed by atoms with E-state index in [1.165, 1.54) is 6.20 Å². The maximum atomic E-state index is 6.00. The van der Waals surface area contributed by atoms with Gasteiger partial charge in [-0.05, 0) is 18.2 Å². The Bertz CT molecular complexity index is 510. The molecule has 1 aromatic carbocycles. The van der Waals surface area contributed by atoms with Gasteiger partial charge in [-0.1, -0.05) is 34.8 Å². The second-order valence-corrected chi connectivity index (χ2v) is 4.42. The molecule has 0 fully saturated rings. The van der Waals surface area contributed by atoms with Crippen LogP contribution in [0.25, 0.3) is 0 Å². The molecule has 0 radical (unpaired) electrons. The number of nitrogen functional groups attached to an aromatic ring is 1. The standard InChI is InChI=1S/C10H7Cl3N4/c11-5-1-2-6(12)8(3-5)16-9-7(13)4-15-10(14)17-9/h1-4H,(H3,14,15,16,17). The third-order valence-electron chi connectivity index (χ3n) is 1.94. The van der Waals surface area contributed by atoms with Crippen molar-refractivity contribution in [2.75, 3.05) is 11.1 Å². The van der Waals surface area contributed by atoms with Crippen LogP contribution in [0.2, 0.25) is 15.1 Å². The lowest BCUT2D eigenvalue weighted by Crippen LogP contribution is -2.00. The van der Waals surface area contributed by atoms with E-state index >= 15 is 0 Å². The molecule has 0 aliphatic rings. The quantitative estimate of drug-likeness (QED) is 0.883. The van der Waals surface area contributed by atoms with Crippen LogP contribution in [-0.4, -0.2) is 9.97 Å². The Morgan fingerprint density at radius 1 is 1.12 bits per heavy atom. The molecule has 0 saturated carbocycles. The fraction of sp³-hybridized carbons (Fsp3) is 0. The Morgan fingerprint density at radius 2 is 1.88 bits per heavy atom. The summed E-state index contributed by atoms with van der Waals surface area (Å²) >= 11 is 17.8. The number of nitrogens with one attached hydrogen (secondary N) is 1. The number of nitrogens with two attached hydrogens (primary N) is 1. The van der Waals surface area contributed by atoms with E-state index in [1.807, 2.05) is 0 Å². The fourth-order valence-electron chi connectivity index (χ4n) is 1.19. The summed E-state index contributed by atoms with van der Waals surface area (Å²) in [7, 11) is 0. The average molecular weight is 290 g/mol. The minimum absolute atomic E-state index is 0.120. The van der Waals surface area contributed by atoms with Crippen LogP contribution in [-0.2, 0) is 0 Å². The summed E-state index contributed by atoms with van der Waals surface area (Å²) in [6, 6.07) is 5.02. The molecule has 0 unspecified atom stereocenters. The minimum atomic E-state index is 0.120. The first-order valence-electron chi connectivity index (χ1n) is 4.56. The molecule has 0 bridgehead atoms. The fourth-order valence-corrected chi connectivity index (χ4v) is 1.66. The highest BCUT2D eigenvalue weighted by Gasteiger charge is 2.07. The Morgan fingerprint density at radius 3 is 2.65 bits per heavy atom. The van der Waals surface area contributed by atoms with Crippen molar-refractivity contribution in [3.8, 4) is 0 Å². The molecule has 88 valence electrons. The van der Waals surface area contributed by atoms with Crippen molar-refractivity contribution in [1.29, 1.82) is 0 Å². The second-order valence-electron chi connectivity index (χ2n) is 3.17. The number of halogens is 3. The monoisotopic (exact) mass is 288 g/mol. The Hall–Kier alpha value is -1.23. The third kappa shape index (κ3) is 2.91. The van der Waals surface area contributed by atoms with Gasteiger partial charge < -0.3 is 11.1 Å². The molecule has 3 N–H and O–H groups in total. The van der Waals surface area contributed by atoms with E-state index in [4.69, 9.17) is 40.5 Å². The summed E-state index contributed by atoms with van der Waals surface area (Å²) in [6.07, 6.45) is 1.41. The predicted molar refractivity (Wildman–Crippen MR) is 71.2 cm³/mol. The summed E-state index contributed by atoms with van der Waals surface area (Å²) < 4.78 is 0. The van der Waals surface area contributed by atoms with E-state index in [9.17, 15) is 0 Å². The van der Waals surface area contributed by atoms with Crippen LogP contribution in [0.15, 0.2) is 24.4 Å². The van der Waals surface area contributed by atoms with Crippen molar-refractivity contribution in [2.24, 2.45) is 0 Å². The third-order valence-corrected chi connectivity index (χ3v) is 2.79. The highest BCUT2D eigenvalue weighted by molar-refractivity contribution is 6.36. The van der Waals surface area contributed by atoms with Gasteiger partial charge in [0.15, 0.2) is 5.82 Å². The van der Waals surface area contributed by atoms with Crippen LogP contribution < -0.4 is 11.1 Å². The number of hydrogen-bond donors (Lipinski definition) is 2. The number of hydrogen-bond acceptors (Lipinski definition) is 4. The maximum absolute atomic E-state index is 6.00. The van der Waals surface area contributed by atoms with E-state index < -0.39 is 0 Å². The Labute approximate surface area is 113 Å². The van der Waals surface area contributed by atoms with E-state index in [0.717, 1.165) is 0 Å². The number of aromatic nitrogens is 2. The molecule has 0 aliphatic carbocycles. The SMILES string of the molecule is Nc1ncc(Cl)c(Nc2cc(Cl)ccc2Cl)n1. The molecule has 4 nitrogen and oxygen atoms in total. The molecular weight excluding hydrogens is 282 g/mol. The molecule has 17 heavy (non-hydrogen) atoms. The lowest BCUT2D eigenvalue weighted by Gasteiger charge is -2.09. The van der Waals surface area contributed by atoms with Crippen LogP contribution in [0.4, 0.5) is 17.5 Å². The van der Waals surface area contributed by atoms with E-state index in [0.29, 0.717) is 26.6 Å². The van der Waals surface area contributed by atoms with Crippen molar-refractivity contribution in [3.63, 3.8) is 0 Å². The van der Waals surface area contributed by atoms with Crippen LogP contribution in [0.3, 0.4) is 0 Å². The molecule has 2 aromatic rings. The van der Waals surface area contributed by atoms with E-state index in [1.54, 1.807) is 18.2 Å². The highest BCUT2D eigenvalue weighted by atomic mass is 35.5. The number of anilines is 3. The van der Waals surface area contributed by atoms with Crippen LogP contribution in [0.1, 0.15) is 0 Å². The molecule has 1 heterocycles. The van der Waals surface area contributed by atoms with Gasteiger partial charge in [-0.25, -0.2) is 4.98 Å². The zero-order chi connectivity index (χ0) is 12.4. The van der Waals surface area contributed by atoms with Gasteiger partial charge in [0, 0.05) is 5.02 Å². The predicted octanol–water partition coefficient (Wildman–Crippen LogP) is 3.76. The molecule has 1 aromatic heterocycles. The first-order valence-corrected chi connectivity index (χ1v) is 5.70. The molecule has 0 aliphatic heterocycles. The molecule has 0 saturated heterocycles. The van der Waals surface area contributed by atoms with Gasteiger partial charge >= 0.3 is 0 Å². The Balaban J connectivity index is 2.37. The van der Waals surface area contributed by atoms with Crippen molar-refractivity contribution in [2.45, 2.75) is 0 Å². The van der Waals surface area contributed by atoms with E-state index in [-0.39, 0.29) is 5.95 Å². The van der Waals surface area contributed by atoms with Crippen molar-refractivity contribution >= 4 is 52.3 Å². The lowest BCUT2D eigenvalue weighted by atomic mass is 10.3. The first kappa shape index (κ1) is 12.2. The molecule has 0 spiro atoms. The van der Waals surface area contributed by atoms with E-state index in [2.05, 4.69) is 15.3 Å². The highest BCUT2D eigenvalue weighted by Crippen LogP contribution is 2.30. The lowest BCUT2D eigenvalue weighted by molar-refractivity contribution is 1.18. The van der Waals surface area contributed by atoms with Crippen molar-refractivity contribution in [3.05, 3.63) is 39.5 Å². The zero-order valence-electron chi connectivity index (χ0n) is 8.42. The first-order chi connectivity index (χ1) is 8.06. The van der Waals surface area contributed by atoms with Gasteiger partial charge in [0.25, 0.3) is 0 Å². The molecule has 7 heteroatoms. The summed E-state index contributed by atoms with van der Waals surface area (Å²) in [4.78, 5) is 7.72. The second kappa shape index (κ2) is 4.96. The largest absolute Gasteiger partial charge is 0.368 e. The number of rotatable bonds is 2. The zero-order valence-corrected chi connectivity index (χ0v) is 10.7. The number of nitrogens with zero attached hydrogens (tertiary/aromatic N) is 2. The Kier molecular flexibility index (Phi) is 3.57. The average Bonchev–Trinajstić information content (AvgIpc) is 2.28. The summed E-state index contributed by atoms with van der Waals surface area (Å²) in [5.41, 5.74) is 6.07. The molecule has 2 rings (SSSR count). The minimum Gasteiger partial charge on any atom is -0.368 e. The van der Waals surface area contributed by atoms with Gasteiger partial charge in [0.05, 0.1) is 16.9 Å². The van der Waals surface area contributed by atoms with Gasteiger partial charge in [0.2, 0.25) is 5.95 Å². The van der Waals surface area contributed by atoms with Gasteiger partial charge in [0.1, 0.15) is 5.02 Å². The van der Waals surface area contributed by atoms with Crippen molar-refractivity contribution < 1.29 is 0 Å². The van der Waals surface area contributed by atoms with Gasteiger partial charge in [-0.2, -0.15) is 4.98 Å². The number of benzene rings is 1. The van der Waals surface area contributed by atoms with Crippen LogP contribution in [0, 0.1) is 0 Å². The van der Waals surface area contributed by atoms with Crippen molar-refractivity contribution in [1.82, 2.24) is 9.97 Å². The van der Waals surface area contributed by atoms with Gasteiger partial charge in [-0.15, -0.1) is 0 Å². The summed E-state index contributed by atoms with van der Waals surface area (Å²) in [6.45, 7) is 0. The molecule has 0 atom stereocenters. The van der Waals surface area contributed by atoms with Gasteiger partial charge in [-0.3, -0.25) is 0 Å². The normalized spacial score (nSPS) is 10.3. The summed E-state index contributed by atoms with van der Waals surface area (Å²) in [5.74, 6) is 0.499. The topological polar surface area (TPSA) is 63.8 Å². The van der Waals surface area contributed by atoms with Crippen LogP contribution >= 0.6 is 34.8 Å². The summed E-state index contributed by atoms with van der Waals surface area (Å²) in [5, 5.41) is 4.34. The maximum Gasteiger partial charge on any atom is 0.222 e. The molecular formula is C10H7Cl3N4. The smallest absolute Gasteiger partial charge is 0.222 e.